The first-order valence-electron chi connectivity index (χ1n) is 8.82. The monoisotopic (exact) mass is 395 g/mol. The number of rotatable bonds is 3. The van der Waals surface area contributed by atoms with E-state index in [4.69, 9.17) is 4.74 Å². The van der Waals surface area contributed by atoms with Crippen LogP contribution in [0.25, 0.3) is 0 Å². The third-order valence-corrected chi connectivity index (χ3v) is 6.14. The lowest BCUT2D eigenvalue weighted by atomic mass is 9.86. The van der Waals surface area contributed by atoms with Crippen molar-refractivity contribution in [3.05, 3.63) is 70.5 Å². The molecule has 4 rings (SSSR count). The van der Waals surface area contributed by atoms with E-state index >= 15 is 0 Å². The van der Waals surface area contributed by atoms with Crippen LogP contribution in [0, 0.1) is 17.1 Å². The summed E-state index contributed by atoms with van der Waals surface area (Å²) in [7, 11) is 1.59. The number of hydrogen-bond acceptors (Lipinski definition) is 5. The Kier molecular flexibility index (Phi) is 4.97. The fourth-order valence-electron chi connectivity index (χ4n) is 3.52. The summed E-state index contributed by atoms with van der Waals surface area (Å²) >= 11 is 1.46. The fraction of sp³-hybridized carbons (Fsp3) is 0.238. The number of ether oxygens (including phenoxy) is 1. The number of benzene rings is 2. The van der Waals surface area contributed by atoms with E-state index in [1.807, 2.05) is 29.2 Å². The molecule has 0 spiro atoms. The molecule has 5 nitrogen and oxygen atoms in total. The van der Waals surface area contributed by atoms with Crippen molar-refractivity contribution in [1.82, 2.24) is 4.90 Å². The Hall–Kier alpha value is -2.98. The van der Waals surface area contributed by atoms with Gasteiger partial charge >= 0.3 is 0 Å². The van der Waals surface area contributed by atoms with Crippen molar-refractivity contribution in [3.8, 4) is 11.8 Å². The number of fused-ring (bicyclic) bond motifs is 1. The van der Waals surface area contributed by atoms with Gasteiger partial charge in [-0.1, -0.05) is 23.9 Å². The Morgan fingerprint density at radius 3 is 2.75 bits per heavy atom. The van der Waals surface area contributed by atoms with Gasteiger partial charge in [-0.3, -0.25) is 9.69 Å². The van der Waals surface area contributed by atoms with Crippen LogP contribution in [0.2, 0.25) is 0 Å². The molecule has 1 unspecified atom stereocenters. The van der Waals surface area contributed by atoms with Crippen molar-refractivity contribution in [2.24, 2.45) is 0 Å². The topological polar surface area (TPSA) is 56.6 Å². The van der Waals surface area contributed by atoms with E-state index in [0.29, 0.717) is 28.9 Å². The summed E-state index contributed by atoms with van der Waals surface area (Å²) in [4.78, 5) is 16.6. The first kappa shape index (κ1) is 18.4. The zero-order valence-electron chi connectivity index (χ0n) is 15.3. The highest BCUT2D eigenvalue weighted by atomic mass is 32.2. The Balaban J connectivity index is 1.66. The van der Waals surface area contributed by atoms with Crippen LogP contribution >= 0.6 is 11.8 Å². The number of nitrogens with zero attached hydrogens (tertiary/aromatic N) is 3. The molecule has 1 amide bonds. The molecule has 1 fully saturated rings. The number of halogens is 1. The lowest BCUT2D eigenvalue weighted by molar-refractivity contribution is -0.129. The molecular formula is C21H18FN3O2S. The highest BCUT2D eigenvalue weighted by Gasteiger charge is 2.38. The fourth-order valence-corrected chi connectivity index (χ4v) is 4.69. The second-order valence-electron chi connectivity index (χ2n) is 6.62. The minimum atomic E-state index is -0.295. The van der Waals surface area contributed by atoms with Crippen LogP contribution in [-0.4, -0.2) is 30.5 Å². The number of hydrogen-bond donors (Lipinski definition) is 0. The molecule has 2 heterocycles. The summed E-state index contributed by atoms with van der Waals surface area (Å²) in [5.41, 5.74) is 2.35. The zero-order chi connectivity index (χ0) is 19.7. The second-order valence-corrected chi connectivity index (χ2v) is 7.55. The molecule has 0 radical (unpaired) electrons. The lowest BCUT2D eigenvalue weighted by Crippen LogP contribution is -2.47. The van der Waals surface area contributed by atoms with Crippen LogP contribution in [0.15, 0.2) is 59.1 Å². The van der Waals surface area contributed by atoms with Gasteiger partial charge in [-0.2, -0.15) is 5.26 Å². The second kappa shape index (κ2) is 7.56. The van der Waals surface area contributed by atoms with E-state index in [-0.39, 0.29) is 24.1 Å². The molecule has 2 aromatic carbocycles. The van der Waals surface area contributed by atoms with Gasteiger partial charge in [0.1, 0.15) is 11.6 Å². The van der Waals surface area contributed by atoms with Gasteiger partial charge in [0.25, 0.3) is 0 Å². The van der Waals surface area contributed by atoms with E-state index in [0.717, 1.165) is 11.3 Å². The van der Waals surface area contributed by atoms with Gasteiger partial charge in [-0.25, -0.2) is 4.39 Å². The van der Waals surface area contributed by atoms with Crippen LogP contribution in [0.1, 0.15) is 17.9 Å². The largest absolute Gasteiger partial charge is 0.497 e. The van der Waals surface area contributed by atoms with Gasteiger partial charge in [0.15, 0.2) is 0 Å². The summed E-state index contributed by atoms with van der Waals surface area (Å²) in [5.74, 6) is 0.690. The van der Waals surface area contributed by atoms with Crippen molar-refractivity contribution in [2.75, 3.05) is 24.6 Å². The third-order valence-electron chi connectivity index (χ3n) is 4.98. The molecule has 1 saturated heterocycles. The van der Waals surface area contributed by atoms with E-state index in [9.17, 15) is 14.4 Å². The molecule has 28 heavy (non-hydrogen) atoms. The van der Waals surface area contributed by atoms with E-state index in [2.05, 4.69) is 6.07 Å². The van der Waals surface area contributed by atoms with Crippen molar-refractivity contribution in [3.63, 3.8) is 0 Å². The van der Waals surface area contributed by atoms with Gasteiger partial charge in [0.05, 0.1) is 36.3 Å². The van der Waals surface area contributed by atoms with Gasteiger partial charge in [0.2, 0.25) is 5.91 Å². The SMILES string of the molecule is COc1cccc(C2CC(=O)N3CN(c4ccc(F)cc4)CSC3=C2C#N)c1. The van der Waals surface area contributed by atoms with Gasteiger partial charge in [0, 0.05) is 18.0 Å². The number of nitriles is 1. The molecule has 0 N–H and O–H groups in total. The smallest absolute Gasteiger partial charge is 0.229 e. The quantitative estimate of drug-likeness (QED) is 0.785. The summed E-state index contributed by atoms with van der Waals surface area (Å²) in [6.07, 6.45) is 0.234. The number of carbonyl (C=O) groups is 1. The van der Waals surface area contributed by atoms with Crippen LogP contribution in [0.3, 0.4) is 0 Å². The standard InChI is InChI=1S/C21H18FN3O2S/c1-27-17-4-2-3-14(9-17)18-10-20(26)25-12-24(13-28-21(25)19(18)11-23)16-7-5-15(22)6-8-16/h2-9,18H,10,12-13H2,1H3. The molecule has 0 aliphatic carbocycles. The number of thioether (sulfide) groups is 1. The average Bonchev–Trinajstić information content (AvgIpc) is 2.74. The number of allylic oxidation sites excluding steroid dienone is 1. The van der Waals surface area contributed by atoms with Gasteiger partial charge < -0.3 is 9.64 Å². The molecule has 0 aromatic heterocycles. The Morgan fingerprint density at radius 1 is 1.25 bits per heavy atom. The number of anilines is 1. The molecule has 1 atom stereocenters. The maximum Gasteiger partial charge on any atom is 0.229 e. The summed E-state index contributed by atoms with van der Waals surface area (Å²) in [6, 6.07) is 16.0. The Labute approximate surface area is 167 Å². The molecule has 7 heteroatoms. The predicted molar refractivity (Wildman–Crippen MR) is 106 cm³/mol. The summed E-state index contributed by atoms with van der Waals surface area (Å²) in [6.45, 7) is 0.350. The van der Waals surface area contributed by atoms with E-state index < -0.39 is 0 Å². The van der Waals surface area contributed by atoms with Crippen LogP contribution in [0.4, 0.5) is 10.1 Å². The maximum atomic E-state index is 13.2. The molecule has 2 aliphatic rings. The molecule has 0 bridgehead atoms. The Morgan fingerprint density at radius 2 is 2.04 bits per heavy atom. The van der Waals surface area contributed by atoms with Crippen molar-refractivity contribution >= 4 is 23.4 Å². The van der Waals surface area contributed by atoms with Gasteiger partial charge in [-0.05, 0) is 42.0 Å². The zero-order valence-corrected chi connectivity index (χ0v) is 16.1. The minimum Gasteiger partial charge on any atom is -0.497 e. The van der Waals surface area contributed by atoms with Gasteiger partial charge in [-0.15, -0.1) is 0 Å². The molecule has 142 valence electrons. The van der Waals surface area contributed by atoms with E-state index in [1.54, 1.807) is 24.1 Å². The number of carbonyl (C=O) groups excluding carboxylic acids is 1. The van der Waals surface area contributed by atoms with Crippen molar-refractivity contribution < 1.29 is 13.9 Å². The summed E-state index contributed by atoms with van der Waals surface area (Å²) in [5, 5.41) is 10.6. The van der Waals surface area contributed by atoms with Crippen LogP contribution < -0.4 is 9.64 Å². The molecule has 2 aliphatic heterocycles. The minimum absolute atomic E-state index is 0.0267. The molecule has 0 saturated carbocycles. The predicted octanol–water partition coefficient (Wildman–Crippen LogP) is 4.05. The van der Waals surface area contributed by atoms with Crippen molar-refractivity contribution in [2.45, 2.75) is 12.3 Å². The average molecular weight is 395 g/mol. The maximum absolute atomic E-state index is 13.2. The van der Waals surface area contributed by atoms with E-state index in [1.165, 1.54) is 23.9 Å². The summed E-state index contributed by atoms with van der Waals surface area (Å²) < 4.78 is 18.5. The normalized spacial score (nSPS) is 19.3. The molecular weight excluding hydrogens is 377 g/mol. The Bertz CT molecular complexity index is 984. The highest BCUT2D eigenvalue weighted by Crippen LogP contribution is 2.43. The van der Waals surface area contributed by atoms with Crippen LogP contribution in [0.5, 0.6) is 5.75 Å². The highest BCUT2D eigenvalue weighted by molar-refractivity contribution is 8.03. The number of amides is 1. The third kappa shape index (κ3) is 3.32. The first-order valence-corrected chi connectivity index (χ1v) is 9.81. The van der Waals surface area contributed by atoms with Crippen LogP contribution in [-0.2, 0) is 4.79 Å². The number of methoxy groups -OCH3 is 1. The molecule has 2 aromatic rings. The first-order chi connectivity index (χ1) is 13.6. The van der Waals surface area contributed by atoms with Crippen molar-refractivity contribution in [1.29, 1.82) is 5.26 Å². The lowest BCUT2D eigenvalue weighted by Gasteiger charge is -2.42.